The van der Waals surface area contributed by atoms with Crippen molar-refractivity contribution in [3.63, 3.8) is 0 Å². The average molecular weight is 550 g/mol. The molecule has 40 heavy (non-hydrogen) atoms. The van der Waals surface area contributed by atoms with Crippen LogP contribution < -0.4 is 15.4 Å². The number of urea groups is 2. The molecule has 0 unspecified atom stereocenters. The SMILES string of the molecule is CCOC(=O)C1=C(CN2CCN(C(=O)NC(C)C)[C@@H](C)C2)N(C)C(=O)N[C@@H]1c1cccc(Oc2ccccc2)c1. The van der Waals surface area contributed by atoms with Crippen LogP contribution in [-0.4, -0.2) is 84.6 Å². The first-order valence-corrected chi connectivity index (χ1v) is 13.7. The molecule has 2 aliphatic rings. The molecule has 0 radical (unpaired) electrons. The Hall–Kier alpha value is -4.05. The zero-order chi connectivity index (χ0) is 28.8. The number of likely N-dealkylation sites (N-methyl/N-ethyl adjacent to an activating group) is 1. The van der Waals surface area contributed by atoms with Crippen molar-refractivity contribution < 1.29 is 23.9 Å². The lowest BCUT2D eigenvalue weighted by atomic mass is 9.94. The van der Waals surface area contributed by atoms with E-state index >= 15 is 0 Å². The predicted molar refractivity (Wildman–Crippen MR) is 152 cm³/mol. The predicted octanol–water partition coefficient (Wildman–Crippen LogP) is 4.12. The second-order valence-electron chi connectivity index (χ2n) is 10.4. The summed E-state index contributed by atoms with van der Waals surface area (Å²) in [6.45, 7) is 9.96. The fraction of sp³-hybridized carbons (Fsp3) is 0.433. The number of ether oxygens (including phenoxy) is 2. The first kappa shape index (κ1) is 28.9. The Morgan fingerprint density at radius 2 is 1.80 bits per heavy atom. The van der Waals surface area contributed by atoms with Gasteiger partial charge in [0.25, 0.3) is 0 Å². The third-order valence-electron chi connectivity index (χ3n) is 7.00. The highest BCUT2D eigenvalue weighted by atomic mass is 16.5. The topological polar surface area (TPSA) is 103 Å². The zero-order valence-corrected chi connectivity index (χ0v) is 23.8. The largest absolute Gasteiger partial charge is 0.463 e. The molecular formula is C30H39N5O5. The second kappa shape index (κ2) is 12.9. The molecule has 0 bridgehead atoms. The first-order valence-electron chi connectivity index (χ1n) is 13.7. The minimum atomic E-state index is -0.715. The third kappa shape index (κ3) is 6.74. The molecule has 2 aromatic carbocycles. The van der Waals surface area contributed by atoms with Crippen LogP contribution in [0.1, 0.15) is 39.3 Å². The summed E-state index contributed by atoms with van der Waals surface area (Å²) in [5, 5.41) is 5.93. The molecular weight excluding hydrogens is 510 g/mol. The van der Waals surface area contributed by atoms with Crippen molar-refractivity contribution in [3.8, 4) is 11.5 Å². The number of hydrogen-bond acceptors (Lipinski definition) is 6. The number of nitrogens with zero attached hydrogens (tertiary/aromatic N) is 3. The molecule has 0 saturated carbocycles. The highest BCUT2D eigenvalue weighted by molar-refractivity contribution is 5.95. The van der Waals surface area contributed by atoms with Crippen molar-refractivity contribution in [2.24, 2.45) is 0 Å². The maximum Gasteiger partial charge on any atom is 0.338 e. The lowest BCUT2D eigenvalue weighted by Gasteiger charge is -2.42. The Kier molecular flexibility index (Phi) is 9.31. The van der Waals surface area contributed by atoms with Crippen molar-refractivity contribution >= 4 is 18.0 Å². The van der Waals surface area contributed by atoms with Gasteiger partial charge in [0.15, 0.2) is 0 Å². The standard InChI is InChI=1S/C30H39N5O5/c1-6-39-28(36)26-25(19-34-15-16-35(21(4)18-34)30(38)31-20(2)3)33(5)29(37)32-27(26)22-11-10-14-24(17-22)40-23-12-8-7-9-13-23/h7-14,17,20-21,27H,6,15-16,18-19H2,1-5H3,(H,31,38)(H,32,37)/t21-,27+/m0/s1. The van der Waals surface area contributed by atoms with E-state index in [2.05, 4.69) is 15.5 Å². The fourth-order valence-corrected chi connectivity index (χ4v) is 5.05. The van der Waals surface area contributed by atoms with Crippen molar-refractivity contribution in [1.82, 2.24) is 25.3 Å². The van der Waals surface area contributed by atoms with Crippen molar-refractivity contribution in [2.45, 2.75) is 45.8 Å². The van der Waals surface area contributed by atoms with E-state index in [1.807, 2.05) is 80.3 Å². The van der Waals surface area contributed by atoms with E-state index < -0.39 is 12.0 Å². The number of esters is 1. The number of para-hydroxylation sites is 1. The number of piperazine rings is 1. The van der Waals surface area contributed by atoms with Crippen molar-refractivity contribution in [2.75, 3.05) is 39.8 Å². The molecule has 4 amide bonds. The number of amides is 4. The third-order valence-corrected chi connectivity index (χ3v) is 7.00. The van der Waals surface area contributed by atoms with Crippen LogP contribution in [0.25, 0.3) is 0 Å². The van der Waals surface area contributed by atoms with E-state index in [0.29, 0.717) is 54.5 Å². The summed E-state index contributed by atoms with van der Waals surface area (Å²) >= 11 is 0. The van der Waals surface area contributed by atoms with Crippen LogP contribution in [-0.2, 0) is 9.53 Å². The molecule has 2 aliphatic heterocycles. The lowest BCUT2D eigenvalue weighted by Crippen LogP contribution is -2.58. The maximum absolute atomic E-state index is 13.4. The van der Waals surface area contributed by atoms with E-state index in [0.717, 1.165) is 0 Å². The van der Waals surface area contributed by atoms with Crippen LogP contribution in [0.15, 0.2) is 65.9 Å². The van der Waals surface area contributed by atoms with Gasteiger partial charge >= 0.3 is 18.0 Å². The summed E-state index contributed by atoms with van der Waals surface area (Å²) in [6.07, 6.45) is 0. The minimum absolute atomic E-state index is 0.0375. The van der Waals surface area contributed by atoms with Gasteiger partial charge in [0.1, 0.15) is 11.5 Å². The van der Waals surface area contributed by atoms with E-state index in [9.17, 15) is 14.4 Å². The smallest absolute Gasteiger partial charge is 0.338 e. The Bertz CT molecular complexity index is 1250. The van der Waals surface area contributed by atoms with E-state index in [1.54, 1.807) is 14.0 Å². The summed E-state index contributed by atoms with van der Waals surface area (Å²) in [7, 11) is 1.66. The number of carbonyl (C=O) groups is 3. The van der Waals surface area contributed by atoms with Gasteiger partial charge in [-0.25, -0.2) is 14.4 Å². The Morgan fingerprint density at radius 1 is 1.07 bits per heavy atom. The van der Waals surface area contributed by atoms with Gasteiger partial charge in [0.2, 0.25) is 0 Å². The Morgan fingerprint density at radius 3 is 2.48 bits per heavy atom. The molecule has 4 rings (SSSR count). The molecule has 2 N–H and O–H groups in total. The van der Waals surface area contributed by atoms with Gasteiger partial charge in [-0.15, -0.1) is 0 Å². The molecule has 1 saturated heterocycles. The summed E-state index contributed by atoms with van der Waals surface area (Å²) in [5.41, 5.74) is 1.67. The number of nitrogens with one attached hydrogen (secondary N) is 2. The molecule has 10 heteroatoms. The van der Waals surface area contributed by atoms with Gasteiger partial charge in [-0.3, -0.25) is 9.80 Å². The van der Waals surface area contributed by atoms with Gasteiger partial charge < -0.3 is 25.0 Å². The number of carbonyl (C=O) groups excluding carboxylic acids is 3. The van der Waals surface area contributed by atoms with Gasteiger partial charge in [-0.05, 0) is 57.5 Å². The molecule has 2 aromatic rings. The van der Waals surface area contributed by atoms with Gasteiger partial charge in [-0.1, -0.05) is 30.3 Å². The second-order valence-corrected chi connectivity index (χ2v) is 10.4. The van der Waals surface area contributed by atoms with Crippen molar-refractivity contribution in [1.29, 1.82) is 0 Å². The fourth-order valence-electron chi connectivity index (χ4n) is 5.05. The van der Waals surface area contributed by atoms with E-state index in [1.165, 1.54) is 4.90 Å². The summed E-state index contributed by atoms with van der Waals surface area (Å²) < 4.78 is 11.5. The molecule has 0 aromatic heterocycles. The maximum atomic E-state index is 13.4. The monoisotopic (exact) mass is 549 g/mol. The van der Waals surface area contributed by atoms with E-state index in [-0.39, 0.29) is 30.8 Å². The van der Waals surface area contributed by atoms with Crippen LogP contribution >= 0.6 is 0 Å². The van der Waals surface area contributed by atoms with Crippen LogP contribution in [0.3, 0.4) is 0 Å². The molecule has 2 heterocycles. The lowest BCUT2D eigenvalue weighted by molar-refractivity contribution is -0.139. The number of hydrogen-bond donors (Lipinski definition) is 2. The summed E-state index contributed by atoms with van der Waals surface area (Å²) in [5.74, 6) is 0.794. The van der Waals surface area contributed by atoms with Crippen LogP contribution in [0.4, 0.5) is 9.59 Å². The Labute approximate surface area is 235 Å². The van der Waals surface area contributed by atoms with Gasteiger partial charge in [0.05, 0.1) is 18.2 Å². The minimum Gasteiger partial charge on any atom is -0.463 e. The summed E-state index contributed by atoms with van der Waals surface area (Å²) in [4.78, 5) is 44.7. The molecule has 214 valence electrons. The number of rotatable bonds is 8. The normalized spacial score (nSPS) is 19.9. The number of benzene rings is 2. The van der Waals surface area contributed by atoms with Crippen LogP contribution in [0, 0.1) is 0 Å². The molecule has 2 atom stereocenters. The van der Waals surface area contributed by atoms with Crippen molar-refractivity contribution in [3.05, 3.63) is 71.4 Å². The van der Waals surface area contributed by atoms with Crippen LogP contribution in [0.5, 0.6) is 11.5 Å². The van der Waals surface area contributed by atoms with Gasteiger partial charge in [-0.2, -0.15) is 0 Å². The highest BCUT2D eigenvalue weighted by Crippen LogP contribution is 2.34. The van der Waals surface area contributed by atoms with E-state index in [4.69, 9.17) is 9.47 Å². The molecule has 0 spiro atoms. The average Bonchev–Trinajstić information content (AvgIpc) is 2.91. The molecule has 1 fully saturated rings. The first-order chi connectivity index (χ1) is 19.2. The molecule has 0 aliphatic carbocycles. The molecule has 10 nitrogen and oxygen atoms in total. The highest BCUT2D eigenvalue weighted by Gasteiger charge is 2.38. The van der Waals surface area contributed by atoms with Crippen LogP contribution in [0.2, 0.25) is 0 Å². The summed E-state index contributed by atoms with van der Waals surface area (Å²) in [6, 6.07) is 15.7. The quantitative estimate of drug-likeness (QED) is 0.481. The van der Waals surface area contributed by atoms with Gasteiger partial charge in [0, 0.05) is 51.0 Å². The zero-order valence-electron chi connectivity index (χ0n) is 23.8. The Balaban J connectivity index is 1.63.